The van der Waals surface area contributed by atoms with Crippen molar-refractivity contribution in [2.45, 2.75) is 26.2 Å². The van der Waals surface area contributed by atoms with Gasteiger partial charge in [0.15, 0.2) is 0 Å². The zero-order chi connectivity index (χ0) is 13.0. The third-order valence-electron chi connectivity index (χ3n) is 3.50. The molecule has 1 atom stereocenters. The molecule has 1 aliphatic rings. The van der Waals surface area contributed by atoms with E-state index in [0.717, 1.165) is 25.9 Å². The van der Waals surface area contributed by atoms with Gasteiger partial charge in [0.25, 0.3) is 5.91 Å². The number of pyridine rings is 1. The summed E-state index contributed by atoms with van der Waals surface area (Å²) in [4.78, 5) is 18.4. The maximum Gasteiger partial charge on any atom is 0.259 e. The molecule has 0 bridgehead atoms. The summed E-state index contributed by atoms with van der Waals surface area (Å²) in [6.45, 7) is 3.91. The van der Waals surface area contributed by atoms with Crippen molar-refractivity contribution in [3.63, 3.8) is 0 Å². The van der Waals surface area contributed by atoms with Crippen LogP contribution in [0.2, 0.25) is 0 Å². The Morgan fingerprint density at radius 1 is 1.44 bits per heavy atom. The standard InChI is InChI=1S/C14H20N2O2/c1-11-5-4-9-16(10-7-11)14(17)12-6-3-8-15-13(12)18-2/h3,6,8,11H,4-5,7,9-10H2,1-2H3. The van der Waals surface area contributed by atoms with Crippen LogP contribution >= 0.6 is 0 Å². The third kappa shape index (κ3) is 2.81. The minimum absolute atomic E-state index is 0.0362. The van der Waals surface area contributed by atoms with Crippen LogP contribution < -0.4 is 4.74 Å². The molecule has 2 heterocycles. The van der Waals surface area contributed by atoms with Gasteiger partial charge in [-0.1, -0.05) is 6.92 Å². The molecule has 1 unspecified atom stereocenters. The number of aromatic nitrogens is 1. The fourth-order valence-corrected chi connectivity index (χ4v) is 2.35. The Morgan fingerprint density at radius 3 is 3.06 bits per heavy atom. The zero-order valence-corrected chi connectivity index (χ0v) is 11.1. The van der Waals surface area contributed by atoms with Crippen LogP contribution in [0.5, 0.6) is 5.88 Å². The van der Waals surface area contributed by atoms with Gasteiger partial charge >= 0.3 is 0 Å². The quantitative estimate of drug-likeness (QED) is 0.807. The smallest absolute Gasteiger partial charge is 0.259 e. The van der Waals surface area contributed by atoms with E-state index in [4.69, 9.17) is 4.74 Å². The van der Waals surface area contributed by atoms with Gasteiger partial charge in [0.05, 0.1) is 7.11 Å². The Labute approximate surface area is 108 Å². The summed E-state index contributed by atoms with van der Waals surface area (Å²) in [5, 5.41) is 0. The maximum absolute atomic E-state index is 12.4. The van der Waals surface area contributed by atoms with Crippen LogP contribution in [-0.4, -0.2) is 36.0 Å². The summed E-state index contributed by atoms with van der Waals surface area (Å²) in [5.74, 6) is 1.16. The van der Waals surface area contributed by atoms with Crippen LogP contribution in [0.25, 0.3) is 0 Å². The van der Waals surface area contributed by atoms with Gasteiger partial charge in [0.1, 0.15) is 5.56 Å². The van der Waals surface area contributed by atoms with Gasteiger partial charge < -0.3 is 9.64 Å². The normalized spacial score (nSPS) is 20.3. The number of amides is 1. The molecular weight excluding hydrogens is 228 g/mol. The third-order valence-corrected chi connectivity index (χ3v) is 3.50. The summed E-state index contributed by atoms with van der Waals surface area (Å²) in [6, 6.07) is 3.55. The van der Waals surface area contributed by atoms with Crippen LogP contribution in [0.15, 0.2) is 18.3 Å². The van der Waals surface area contributed by atoms with E-state index in [2.05, 4.69) is 11.9 Å². The molecular formula is C14H20N2O2. The SMILES string of the molecule is COc1ncccc1C(=O)N1CCCC(C)CC1. The van der Waals surface area contributed by atoms with Crippen molar-refractivity contribution in [3.8, 4) is 5.88 Å². The molecule has 4 nitrogen and oxygen atoms in total. The Kier molecular flexibility index (Phi) is 4.18. The highest BCUT2D eigenvalue weighted by molar-refractivity contribution is 5.96. The molecule has 0 saturated carbocycles. The highest BCUT2D eigenvalue weighted by Crippen LogP contribution is 2.21. The zero-order valence-electron chi connectivity index (χ0n) is 11.1. The molecule has 1 aromatic heterocycles. The van der Waals surface area contributed by atoms with E-state index in [0.29, 0.717) is 17.4 Å². The van der Waals surface area contributed by atoms with Gasteiger partial charge in [0, 0.05) is 19.3 Å². The van der Waals surface area contributed by atoms with Crippen molar-refractivity contribution in [2.24, 2.45) is 5.92 Å². The van der Waals surface area contributed by atoms with Gasteiger partial charge in [-0.05, 0) is 37.3 Å². The Morgan fingerprint density at radius 2 is 2.28 bits per heavy atom. The average molecular weight is 248 g/mol. The molecule has 1 amide bonds. The molecule has 1 aliphatic heterocycles. The predicted molar refractivity (Wildman–Crippen MR) is 69.7 cm³/mol. The fourth-order valence-electron chi connectivity index (χ4n) is 2.35. The van der Waals surface area contributed by atoms with Crippen molar-refractivity contribution >= 4 is 5.91 Å². The number of hydrogen-bond donors (Lipinski definition) is 0. The van der Waals surface area contributed by atoms with E-state index >= 15 is 0 Å². The second kappa shape index (κ2) is 5.85. The molecule has 98 valence electrons. The summed E-state index contributed by atoms with van der Waals surface area (Å²) in [7, 11) is 1.55. The Bertz CT molecular complexity index is 420. The summed E-state index contributed by atoms with van der Waals surface area (Å²) in [5.41, 5.74) is 0.564. The largest absolute Gasteiger partial charge is 0.480 e. The molecule has 1 aromatic rings. The van der Waals surface area contributed by atoms with Crippen molar-refractivity contribution in [2.75, 3.05) is 20.2 Å². The van der Waals surface area contributed by atoms with Crippen LogP contribution in [0.1, 0.15) is 36.5 Å². The molecule has 4 heteroatoms. The van der Waals surface area contributed by atoms with Gasteiger partial charge in [-0.3, -0.25) is 4.79 Å². The molecule has 1 fully saturated rings. The van der Waals surface area contributed by atoms with Gasteiger partial charge in [-0.15, -0.1) is 0 Å². The first-order chi connectivity index (χ1) is 8.72. The number of nitrogens with zero attached hydrogens (tertiary/aromatic N) is 2. The summed E-state index contributed by atoms with van der Waals surface area (Å²) < 4.78 is 5.15. The number of likely N-dealkylation sites (tertiary alicyclic amines) is 1. The first-order valence-electron chi connectivity index (χ1n) is 6.50. The van der Waals surface area contributed by atoms with Gasteiger partial charge in [0.2, 0.25) is 5.88 Å². The monoisotopic (exact) mass is 248 g/mol. The Hall–Kier alpha value is -1.58. The van der Waals surface area contributed by atoms with Crippen LogP contribution in [-0.2, 0) is 0 Å². The first kappa shape index (κ1) is 12.9. The molecule has 1 saturated heterocycles. The lowest BCUT2D eigenvalue weighted by Crippen LogP contribution is -2.32. The molecule has 0 aromatic carbocycles. The Balaban J connectivity index is 2.15. The molecule has 0 spiro atoms. The summed E-state index contributed by atoms with van der Waals surface area (Å²) in [6.07, 6.45) is 5.00. The van der Waals surface area contributed by atoms with E-state index in [1.807, 2.05) is 4.90 Å². The number of rotatable bonds is 2. The summed E-state index contributed by atoms with van der Waals surface area (Å²) >= 11 is 0. The van der Waals surface area contributed by atoms with Crippen LogP contribution in [0.3, 0.4) is 0 Å². The van der Waals surface area contributed by atoms with Crippen LogP contribution in [0.4, 0.5) is 0 Å². The van der Waals surface area contributed by atoms with E-state index in [1.54, 1.807) is 25.4 Å². The highest BCUT2D eigenvalue weighted by atomic mass is 16.5. The van der Waals surface area contributed by atoms with E-state index in [-0.39, 0.29) is 5.91 Å². The average Bonchev–Trinajstić information content (AvgIpc) is 2.62. The fraction of sp³-hybridized carbons (Fsp3) is 0.571. The molecule has 0 aliphatic carbocycles. The van der Waals surface area contributed by atoms with Crippen molar-refractivity contribution in [3.05, 3.63) is 23.9 Å². The second-order valence-corrected chi connectivity index (χ2v) is 4.89. The number of methoxy groups -OCH3 is 1. The van der Waals surface area contributed by atoms with Crippen molar-refractivity contribution in [1.82, 2.24) is 9.88 Å². The number of carbonyl (C=O) groups excluding carboxylic acids is 1. The molecule has 2 rings (SSSR count). The first-order valence-corrected chi connectivity index (χ1v) is 6.50. The highest BCUT2D eigenvalue weighted by Gasteiger charge is 2.22. The topological polar surface area (TPSA) is 42.4 Å². The van der Waals surface area contributed by atoms with E-state index < -0.39 is 0 Å². The number of hydrogen-bond acceptors (Lipinski definition) is 3. The lowest BCUT2D eigenvalue weighted by Gasteiger charge is -2.21. The van der Waals surface area contributed by atoms with Gasteiger partial charge in [-0.25, -0.2) is 4.98 Å². The van der Waals surface area contributed by atoms with E-state index in [9.17, 15) is 4.79 Å². The number of ether oxygens (including phenoxy) is 1. The molecule has 0 radical (unpaired) electrons. The molecule has 18 heavy (non-hydrogen) atoms. The molecule has 0 N–H and O–H groups in total. The van der Waals surface area contributed by atoms with Gasteiger partial charge in [-0.2, -0.15) is 0 Å². The lowest BCUT2D eigenvalue weighted by molar-refractivity contribution is 0.0756. The number of carbonyl (C=O) groups is 1. The van der Waals surface area contributed by atoms with E-state index in [1.165, 1.54) is 6.42 Å². The predicted octanol–water partition coefficient (Wildman–Crippen LogP) is 2.35. The minimum atomic E-state index is 0.0362. The maximum atomic E-state index is 12.4. The lowest BCUT2D eigenvalue weighted by atomic mass is 10.0. The van der Waals surface area contributed by atoms with Crippen molar-refractivity contribution in [1.29, 1.82) is 0 Å². The van der Waals surface area contributed by atoms with Crippen molar-refractivity contribution < 1.29 is 9.53 Å². The minimum Gasteiger partial charge on any atom is -0.480 e. The van der Waals surface area contributed by atoms with Crippen LogP contribution in [0, 0.1) is 5.92 Å². The second-order valence-electron chi connectivity index (χ2n) is 4.89.